The van der Waals surface area contributed by atoms with Crippen molar-refractivity contribution in [1.82, 2.24) is 4.90 Å². The first-order valence-electron chi connectivity index (χ1n) is 11.4. The molecule has 160 valence electrons. The van der Waals surface area contributed by atoms with Gasteiger partial charge in [0, 0.05) is 12.1 Å². The summed E-state index contributed by atoms with van der Waals surface area (Å²) in [7, 11) is -2.97. The van der Waals surface area contributed by atoms with Crippen molar-refractivity contribution in [3.63, 3.8) is 0 Å². The number of carbonyl (C=O) groups excluding carboxylic acids is 1. The molecule has 3 aliphatic rings. The van der Waals surface area contributed by atoms with Crippen LogP contribution in [-0.2, 0) is 21.1 Å². The highest BCUT2D eigenvalue weighted by molar-refractivity contribution is 7.91. The largest absolute Gasteiger partial charge is 0.331 e. The van der Waals surface area contributed by atoms with Crippen LogP contribution in [0.2, 0.25) is 0 Å². The highest BCUT2D eigenvalue weighted by Gasteiger charge is 2.40. The average molecular weight is 420 g/mol. The number of benzene rings is 1. The third-order valence-corrected chi connectivity index (χ3v) is 8.94. The molecule has 2 saturated heterocycles. The van der Waals surface area contributed by atoms with E-state index in [2.05, 4.69) is 30.3 Å². The van der Waals surface area contributed by atoms with Crippen LogP contribution in [0.3, 0.4) is 0 Å². The topological polar surface area (TPSA) is 58.9 Å². The lowest BCUT2D eigenvalue weighted by Gasteiger charge is -2.36. The summed E-state index contributed by atoms with van der Waals surface area (Å²) in [5, 5.41) is 0. The van der Waals surface area contributed by atoms with Gasteiger partial charge in [-0.1, -0.05) is 43.2 Å². The van der Waals surface area contributed by atoms with Crippen LogP contribution in [0, 0.1) is 5.92 Å². The number of piperidine rings is 1. The molecule has 29 heavy (non-hydrogen) atoms. The molecule has 2 aliphatic heterocycles. The summed E-state index contributed by atoms with van der Waals surface area (Å²) in [6.45, 7) is 2.63. The Morgan fingerprint density at radius 3 is 2.28 bits per heavy atom. The van der Waals surface area contributed by atoms with Gasteiger partial charge in [0.05, 0.1) is 24.6 Å². The zero-order valence-electron chi connectivity index (χ0n) is 17.4. The average Bonchev–Trinajstić information content (AvgIpc) is 3.34. The predicted molar refractivity (Wildman–Crippen MR) is 115 cm³/mol. The monoisotopic (exact) mass is 419 g/mol. The molecule has 1 aromatic carbocycles. The SMILES string of the molecule is O=C(C[NH+]1CCC(Cc2ccccc2)CC1)N(C1CCCC1)[C@@H]1CCS(=O)(=O)C1. The maximum Gasteiger partial charge on any atom is 0.278 e. The summed E-state index contributed by atoms with van der Waals surface area (Å²) in [6, 6.07) is 10.9. The molecule has 4 rings (SSSR count). The summed E-state index contributed by atoms with van der Waals surface area (Å²) in [5.74, 6) is 1.31. The van der Waals surface area contributed by atoms with Crippen molar-refractivity contribution in [3.8, 4) is 0 Å². The van der Waals surface area contributed by atoms with Gasteiger partial charge in [-0.3, -0.25) is 4.79 Å². The lowest BCUT2D eigenvalue weighted by Crippen LogP contribution is -3.14. The quantitative estimate of drug-likeness (QED) is 0.760. The van der Waals surface area contributed by atoms with Crippen LogP contribution in [-0.4, -0.2) is 62.4 Å². The van der Waals surface area contributed by atoms with Crippen molar-refractivity contribution in [2.75, 3.05) is 31.1 Å². The van der Waals surface area contributed by atoms with E-state index >= 15 is 0 Å². The van der Waals surface area contributed by atoms with Crippen molar-refractivity contribution in [1.29, 1.82) is 0 Å². The Bertz CT molecular complexity index is 782. The lowest BCUT2D eigenvalue weighted by atomic mass is 9.90. The van der Waals surface area contributed by atoms with Gasteiger partial charge in [0.1, 0.15) is 0 Å². The summed E-state index contributed by atoms with van der Waals surface area (Å²) in [5.41, 5.74) is 1.41. The van der Waals surface area contributed by atoms with Gasteiger partial charge in [-0.05, 0) is 50.0 Å². The number of amides is 1. The van der Waals surface area contributed by atoms with Crippen molar-refractivity contribution in [2.24, 2.45) is 5.92 Å². The number of nitrogens with one attached hydrogen (secondary N) is 1. The molecule has 3 fully saturated rings. The number of hydrogen-bond donors (Lipinski definition) is 1. The second-order valence-electron chi connectivity index (χ2n) is 9.36. The van der Waals surface area contributed by atoms with Crippen LogP contribution < -0.4 is 4.90 Å². The molecule has 2 heterocycles. The highest BCUT2D eigenvalue weighted by Crippen LogP contribution is 2.29. The first-order valence-corrected chi connectivity index (χ1v) is 13.2. The van der Waals surface area contributed by atoms with Crippen LogP contribution in [0.15, 0.2) is 30.3 Å². The van der Waals surface area contributed by atoms with Crippen LogP contribution in [0.4, 0.5) is 0 Å². The number of rotatable bonds is 6. The van der Waals surface area contributed by atoms with Gasteiger partial charge in [-0.25, -0.2) is 8.42 Å². The number of carbonyl (C=O) groups is 1. The molecule has 6 heteroatoms. The molecule has 1 saturated carbocycles. The summed E-state index contributed by atoms with van der Waals surface area (Å²) < 4.78 is 24.0. The standard InChI is InChI=1S/C23H34N2O3S/c26-23(25(21-8-4-5-9-21)22-12-15-29(27,28)18-22)17-24-13-10-20(11-14-24)16-19-6-2-1-3-7-19/h1-3,6-7,20-22H,4-5,8-18H2/p+1/t22-/m1/s1. The Morgan fingerprint density at radius 1 is 0.966 bits per heavy atom. The smallest absolute Gasteiger partial charge is 0.278 e. The Hall–Kier alpha value is -1.40. The van der Waals surface area contributed by atoms with E-state index in [1.165, 1.54) is 23.3 Å². The second-order valence-corrected chi connectivity index (χ2v) is 11.6. The summed E-state index contributed by atoms with van der Waals surface area (Å²) in [4.78, 5) is 16.7. The number of quaternary nitrogens is 1. The van der Waals surface area contributed by atoms with Gasteiger partial charge in [0.15, 0.2) is 16.4 Å². The first-order chi connectivity index (χ1) is 14.0. The molecule has 1 amide bonds. The van der Waals surface area contributed by atoms with Gasteiger partial charge in [-0.2, -0.15) is 0 Å². The van der Waals surface area contributed by atoms with Gasteiger partial charge in [-0.15, -0.1) is 0 Å². The molecule has 0 aromatic heterocycles. The minimum Gasteiger partial charge on any atom is -0.331 e. The van der Waals surface area contributed by atoms with E-state index in [1.54, 1.807) is 0 Å². The zero-order valence-corrected chi connectivity index (χ0v) is 18.2. The maximum absolute atomic E-state index is 13.3. The van der Waals surface area contributed by atoms with E-state index in [1.807, 2.05) is 4.90 Å². The van der Waals surface area contributed by atoms with E-state index in [0.29, 0.717) is 18.9 Å². The Labute approximate surface area is 175 Å². The minimum atomic E-state index is -2.97. The molecule has 0 bridgehead atoms. The molecule has 0 spiro atoms. The number of likely N-dealkylation sites (tertiary alicyclic amines) is 1. The van der Waals surface area contributed by atoms with Gasteiger partial charge in [0.25, 0.3) is 5.91 Å². The van der Waals surface area contributed by atoms with Gasteiger partial charge in [0.2, 0.25) is 0 Å². The van der Waals surface area contributed by atoms with E-state index in [9.17, 15) is 13.2 Å². The van der Waals surface area contributed by atoms with Crippen molar-refractivity contribution >= 4 is 15.7 Å². The highest BCUT2D eigenvalue weighted by atomic mass is 32.2. The van der Waals surface area contributed by atoms with E-state index < -0.39 is 9.84 Å². The molecular weight excluding hydrogens is 384 g/mol. The van der Waals surface area contributed by atoms with Crippen molar-refractivity contribution in [2.45, 2.75) is 63.5 Å². The maximum atomic E-state index is 13.3. The molecule has 0 radical (unpaired) electrons. The van der Waals surface area contributed by atoms with E-state index in [-0.39, 0.29) is 29.5 Å². The fourth-order valence-electron chi connectivity index (χ4n) is 5.60. The Balaban J connectivity index is 1.32. The number of sulfone groups is 1. The normalized spacial score (nSPS) is 29.7. The fraction of sp³-hybridized carbons (Fsp3) is 0.696. The van der Waals surface area contributed by atoms with E-state index in [4.69, 9.17) is 0 Å². The van der Waals surface area contributed by atoms with Gasteiger partial charge < -0.3 is 9.80 Å². The van der Waals surface area contributed by atoms with Crippen LogP contribution >= 0.6 is 0 Å². The number of hydrogen-bond acceptors (Lipinski definition) is 3. The van der Waals surface area contributed by atoms with Crippen molar-refractivity contribution < 1.29 is 18.1 Å². The molecule has 0 unspecified atom stereocenters. The molecule has 5 nitrogen and oxygen atoms in total. The molecule has 1 N–H and O–H groups in total. The zero-order chi connectivity index (χ0) is 20.3. The summed E-state index contributed by atoms with van der Waals surface area (Å²) in [6.07, 6.45) is 8.48. The molecular formula is C23H35N2O3S+. The fourth-order valence-corrected chi connectivity index (χ4v) is 7.31. The van der Waals surface area contributed by atoms with Crippen LogP contribution in [0.5, 0.6) is 0 Å². The molecule has 1 aromatic rings. The second kappa shape index (κ2) is 9.17. The van der Waals surface area contributed by atoms with Gasteiger partial charge >= 0.3 is 0 Å². The lowest BCUT2D eigenvalue weighted by molar-refractivity contribution is -0.898. The van der Waals surface area contributed by atoms with Crippen molar-refractivity contribution in [3.05, 3.63) is 35.9 Å². The Kier molecular flexibility index (Phi) is 6.60. The number of nitrogens with zero attached hydrogens (tertiary/aromatic N) is 1. The minimum absolute atomic E-state index is 0.0920. The summed E-state index contributed by atoms with van der Waals surface area (Å²) >= 11 is 0. The van der Waals surface area contributed by atoms with Crippen LogP contribution in [0.1, 0.15) is 50.5 Å². The first kappa shape index (κ1) is 20.9. The van der Waals surface area contributed by atoms with E-state index in [0.717, 1.165) is 45.2 Å². The molecule has 1 aliphatic carbocycles. The predicted octanol–water partition coefficient (Wildman–Crippen LogP) is 1.48. The van der Waals surface area contributed by atoms with Crippen LogP contribution in [0.25, 0.3) is 0 Å². The Morgan fingerprint density at radius 2 is 1.66 bits per heavy atom. The third-order valence-electron chi connectivity index (χ3n) is 7.19. The third kappa shape index (κ3) is 5.40. The molecule has 1 atom stereocenters.